The first-order valence-corrected chi connectivity index (χ1v) is 6.58. The van der Waals surface area contributed by atoms with Crippen molar-refractivity contribution in [1.82, 2.24) is 5.32 Å². The summed E-state index contributed by atoms with van der Waals surface area (Å²) in [5.41, 5.74) is 1.27. The molecule has 2 heteroatoms. The summed E-state index contributed by atoms with van der Waals surface area (Å²) in [5, 5.41) is 4.40. The molecule has 0 aliphatic carbocycles. The van der Waals surface area contributed by atoms with Gasteiger partial charge in [-0.25, -0.2) is 0 Å². The minimum absolute atomic E-state index is 0.613. The lowest BCUT2D eigenvalue weighted by molar-refractivity contribution is 0.498. The fourth-order valence-corrected chi connectivity index (χ4v) is 2.02. The van der Waals surface area contributed by atoms with Gasteiger partial charge in [-0.05, 0) is 50.8 Å². The van der Waals surface area contributed by atoms with Crippen molar-refractivity contribution in [2.45, 2.75) is 45.6 Å². The van der Waals surface area contributed by atoms with Crippen molar-refractivity contribution in [2.75, 3.05) is 6.54 Å². The summed E-state index contributed by atoms with van der Waals surface area (Å²) in [5.74, 6) is 0. The van der Waals surface area contributed by atoms with Gasteiger partial charge in [0.25, 0.3) is 0 Å². The normalized spacial score (nSPS) is 12.7. The SMILES string of the molecule is CCCNC(C)CCCc1ccccc1Cl. The molecule has 0 saturated heterocycles. The molecule has 0 saturated carbocycles. The summed E-state index contributed by atoms with van der Waals surface area (Å²) in [7, 11) is 0. The van der Waals surface area contributed by atoms with Gasteiger partial charge < -0.3 is 5.32 Å². The Morgan fingerprint density at radius 2 is 2.06 bits per heavy atom. The fourth-order valence-electron chi connectivity index (χ4n) is 1.79. The lowest BCUT2D eigenvalue weighted by Gasteiger charge is -2.12. The predicted octanol–water partition coefficient (Wildman–Crippen LogP) is 4.05. The van der Waals surface area contributed by atoms with E-state index in [1.807, 2.05) is 12.1 Å². The number of benzene rings is 1. The van der Waals surface area contributed by atoms with Crippen LogP contribution in [0.3, 0.4) is 0 Å². The zero-order valence-corrected chi connectivity index (χ0v) is 11.1. The maximum atomic E-state index is 6.11. The average Bonchev–Trinajstić information content (AvgIpc) is 2.29. The van der Waals surface area contributed by atoms with E-state index in [4.69, 9.17) is 11.6 Å². The van der Waals surface area contributed by atoms with Crippen molar-refractivity contribution in [2.24, 2.45) is 0 Å². The molecule has 0 radical (unpaired) electrons. The lowest BCUT2D eigenvalue weighted by Crippen LogP contribution is -2.26. The molecule has 0 bridgehead atoms. The molecule has 1 N–H and O–H groups in total. The van der Waals surface area contributed by atoms with E-state index in [1.54, 1.807) is 0 Å². The summed E-state index contributed by atoms with van der Waals surface area (Å²) >= 11 is 6.11. The molecule has 0 fully saturated rings. The maximum absolute atomic E-state index is 6.11. The molecule has 1 aromatic rings. The van der Waals surface area contributed by atoms with Crippen LogP contribution in [0.25, 0.3) is 0 Å². The highest BCUT2D eigenvalue weighted by molar-refractivity contribution is 6.31. The minimum Gasteiger partial charge on any atom is -0.314 e. The largest absolute Gasteiger partial charge is 0.314 e. The molecule has 1 aromatic carbocycles. The van der Waals surface area contributed by atoms with Crippen molar-refractivity contribution < 1.29 is 0 Å². The van der Waals surface area contributed by atoms with Gasteiger partial charge in [-0.3, -0.25) is 0 Å². The second-order valence-corrected chi connectivity index (χ2v) is 4.75. The molecule has 0 aliphatic heterocycles. The van der Waals surface area contributed by atoms with Crippen LogP contribution in [0.4, 0.5) is 0 Å². The van der Waals surface area contributed by atoms with Crippen LogP contribution in [0, 0.1) is 0 Å². The molecular weight excluding hydrogens is 218 g/mol. The Kier molecular flexibility index (Phi) is 6.51. The molecule has 0 aromatic heterocycles. The van der Waals surface area contributed by atoms with Crippen LogP contribution in [0.2, 0.25) is 5.02 Å². The highest BCUT2D eigenvalue weighted by Gasteiger charge is 2.02. The second-order valence-electron chi connectivity index (χ2n) is 4.34. The van der Waals surface area contributed by atoms with Crippen LogP contribution < -0.4 is 5.32 Å². The molecule has 90 valence electrons. The average molecular weight is 240 g/mol. The minimum atomic E-state index is 0.613. The van der Waals surface area contributed by atoms with E-state index in [1.165, 1.54) is 24.8 Å². The Morgan fingerprint density at radius 1 is 1.31 bits per heavy atom. The van der Waals surface area contributed by atoms with Gasteiger partial charge in [0.1, 0.15) is 0 Å². The van der Waals surface area contributed by atoms with Crippen LogP contribution in [-0.2, 0) is 6.42 Å². The van der Waals surface area contributed by atoms with Gasteiger partial charge in [0.15, 0.2) is 0 Å². The second kappa shape index (κ2) is 7.70. The molecule has 1 unspecified atom stereocenters. The Labute approximate surface area is 104 Å². The third-order valence-corrected chi connectivity index (χ3v) is 3.15. The van der Waals surface area contributed by atoms with Crippen LogP contribution >= 0.6 is 11.6 Å². The standard InChI is InChI=1S/C14H22ClN/c1-3-11-16-12(2)7-6-9-13-8-4-5-10-14(13)15/h4-5,8,10,12,16H,3,6-7,9,11H2,1-2H3. The number of hydrogen-bond donors (Lipinski definition) is 1. The third kappa shape index (κ3) is 5.00. The van der Waals surface area contributed by atoms with Crippen molar-refractivity contribution in [3.63, 3.8) is 0 Å². The molecule has 1 nitrogen and oxygen atoms in total. The molecule has 0 spiro atoms. The highest BCUT2D eigenvalue weighted by Crippen LogP contribution is 2.17. The summed E-state index contributed by atoms with van der Waals surface area (Å²) in [6.07, 6.45) is 4.69. The predicted molar refractivity (Wildman–Crippen MR) is 72.1 cm³/mol. The van der Waals surface area contributed by atoms with Crippen molar-refractivity contribution in [1.29, 1.82) is 0 Å². The molecule has 0 aliphatic rings. The fraction of sp³-hybridized carbons (Fsp3) is 0.571. The summed E-state index contributed by atoms with van der Waals surface area (Å²) in [6, 6.07) is 8.74. The van der Waals surface area contributed by atoms with E-state index in [9.17, 15) is 0 Å². The van der Waals surface area contributed by atoms with Crippen molar-refractivity contribution in [3.05, 3.63) is 34.9 Å². The Balaban J connectivity index is 2.23. The van der Waals surface area contributed by atoms with Crippen LogP contribution in [0.1, 0.15) is 38.7 Å². The van der Waals surface area contributed by atoms with Gasteiger partial charge in [0, 0.05) is 11.1 Å². The number of rotatable bonds is 7. The topological polar surface area (TPSA) is 12.0 Å². The third-order valence-electron chi connectivity index (χ3n) is 2.78. The van der Waals surface area contributed by atoms with E-state index >= 15 is 0 Å². The molecule has 0 heterocycles. The van der Waals surface area contributed by atoms with E-state index < -0.39 is 0 Å². The van der Waals surface area contributed by atoms with Gasteiger partial charge in [-0.2, -0.15) is 0 Å². The van der Waals surface area contributed by atoms with Crippen molar-refractivity contribution >= 4 is 11.6 Å². The summed E-state index contributed by atoms with van der Waals surface area (Å²) < 4.78 is 0. The first kappa shape index (κ1) is 13.5. The monoisotopic (exact) mass is 239 g/mol. The van der Waals surface area contributed by atoms with E-state index in [2.05, 4.69) is 31.3 Å². The molecular formula is C14H22ClN. The smallest absolute Gasteiger partial charge is 0.0437 e. The maximum Gasteiger partial charge on any atom is 0.0437 e. The summed E-state index contributed by atoms with van der Waals surface area (Å²) in [4.78, 5) is 0. The first-order valence-electron chi connectivity index (χ1n) is 6.20. The number of aryl methyl sites for hydroxylation is 1. The lowest BCUT2D eigenvalue weighted by atomic mass is 10.1. The van der Waals surface area contributed by atoms with E-state index in [-0.39, 0.29) is 0 Å². The molecule has 1 rings (SSSR count). The highest BCUT2D eigenvalue weighted by atomic mass is 35.5. The zero-order valence-electron chi connectivity index (χ0n) is 10.3. The number of hydrogen-bond acceptors (Lipinski definition) is 1. The number of halogens is 1. The van der Waals surface area contributed by atoms with Gasteiger partial charge in [-0.1, -0.05) is 36.7 Å². The Morgan fingerprint density at radius 3 is 2.75 bits per heavy atom. The van der Waals surface area contributed by atoms with Crippen LogP contribution in [-0.4, -0.2) is 12.6 Å². The quantitative estimate of drug-likeness (QED) is 0.757. The molecule has 16 heavy (non-hydrogen) atoms. The van der Waals surface area contributed by atoms with Gasteiger partial charge >= 0.3 is 0 Å². The van der Waals surface area contributed by atoms with Crippen LogP contribution in [0.5, 0.6) is 0 Å². The number of nitrogens with one attached hydrogen (secondary N) is 1. The van der Waals surface area contributed by atoms with E-state index in [0.717, 1.165) is 18.0 Å². The van der Waals surface area contributed by atoms with Crippen molar-refractivity contribution in [3.8, 4) is 0 Å². The van der Waals surface area contributed by atoms with Gasteiger partial charge in [0.05, 0.1) is 0 Å². The van der Waals surface area contributed by atoms with Gasteiger partial charge in [0.2, 0.25) is 0 Å². The Hall–Kier alpha value is -0.530. The Bertz CT molecular complexity index is 299. The van der Waals surface area contributed by atoms with Gasteiger partial charge in [-0.15, -0.1) is 0 Å². The van der Waals surface area contributed by atoms with E-state index in [0.29, 0.717) is 6.04 Å². The summed E-state index contributed by atoms with van der Waals surface area (Å²) in [6.45, 7) is 5.57. The van der Waals surface area contributed by atoms with Crippen LogP contribution in [0.15, 0.2) is 24.3 Å². The first-order chi connectivity index (χ1) is 7.74. The molecule has 0 amide bonds. The zero-order chi connectivity index (χ0) is 11.8. The molecule has 1 atom stereocenters.